The summed E-state index contributed by atoms with van der Waals surface area (Å²) in [6.07, 6.45) is 0. The van der Waals surface area contributed by atoms with Crippen LogP contribution < -0.4 is 10.2 Å². The van der Waals surface area contributed by atoms with Gasteiger partial charge in [-0.25, -0.2) is 0 Å². The Morgan fingerprint density at radius 1 is 1.06 bits per heavy atom. The van der Waals surface area contributed by atoms with Gasteiger partial charge in [0.1, 0.15) is 0 Å². The third-order valence-electron chi connectivity index (χ3n) is 3.68. The molecule has 0 bridgehead atoms. The summed E-state index contributed by atoms with van der Waals surface area (Å²) >= 11 is 0. The monoisotopic (exact) mass is 217 g/mol. The molecule has 0 aromatic heterocycles. The highest BCUT2D eigenvalue weighted by Crippen LogP contribution is 2.19. The third kappa shape index (κ3) is 1.93. The maximum Gasteiger partial charge on any atom is 0.0397 e. The molecule has 0 aliphatic carbocycles. The average molecular weight is 217 g/mol. The lowest BCUT2D eigenvalue weighted by Crippen LogP contribution is -2.61. The van der Waals surface area contributed by atoms with Crippen LogP contribution >= 0.6 is 0 Å². The quantitative estimate of drug-likeness (QED) is 0.750. The van der Waals surface area contributed by atoms with Gasteiger partial charge >= 0.3 is 0 Å². The van der Waals surface area contributed by atoms with Crippen LogP contribution in [-0.2, 0) is 0 Å². The maximum absolute atomic E-state index is 3.49. The highest BCUT2D eigenvalue weighted by molar-refractivity contribution is 5.46. The lowest BCUT2D eigenvalue weighted by atomic mass is 10.1. The van der Waals surface area contributed by atoms with Crippen molar-refractivity contribution in [1.82, 2.24) is 10.2 Å². The van der Waals surface area contributed by atoms with E-state index in [0.717, 1.165) is 19.6 Å². The van der Waals surface area contributed by atoms with E-state index in [0.29, 0.717) is 6.04 Å². The van der Waals surface area contributed by atoms with Gasteiger partial charge in [-0.3, -0.25) is 4.90 Å². The Morgan fingerprint density at radius 3 is 2.81 bits per heavy atom. The van der Waals surface area contributed by atoms with Gasteiger partial charge in [0.05, 0.1) is 0 Å². The zero-order valence-electron chi connectivity index (χ0n) is 9.60. The summed E-state index contributed by atoms with van der Waals surface area (Å²) in [6.45, 7) is 7.05. The Labute approximate surface area is 97.0 Å². The number of rotatable bonds is 1. The summed E-state index contributed by atoms with van der Waals surface area (Å²) in [7, 11) is 0. The van der Waals surface area contributed by atoms with Gasteiger partial charge in [-0.05, 0) is 12.1 Å². The van der Waals surface area contributed by atoms with E-state index >= 15 is 0 Å². The molecule has 2 fully saturated rings. The van der Waals surface area contributed by atoms with Crippen LogP contribution in [0.25, 0.3) is 0 Å². The third-order valence-corrected chi connectivity index (χ3v) is 3.68. The lowest BCUT2D eigenvalue weighted by molar-refractivity contribution is 0.146. The molecule has 1 N–H and O–H groups in total. The van der Waals surface area contributed by atoms with Crippen molar-refractivity contribution in [2.45, 2.75) is 6.04 Å². The number of fused-ring (bicyclic) bond motifs is 1. The smallest absolute Gasteiger partial charge is 0.0397 e. The van der Waals surface area contributed by atoms with E-state index in [1.54, 1.807) is 0 Å². The van der Waals surface area contributed by atoms with Crippen LogP contribution in [0.15, 0.2) is 30.3 Å². The van der Waals surface area contributed by atoms with E-state index in [1.807, 2.05) is 0 Å². The van der Waals surface area contributed by atoms with Gasteiger partial charge in [0.25, 0.3) is 0 Å². The van der Waals surface area contributed by atoms with Crippen molar-refractivity contribution >= 4 is 5.69 Å². The molecule has 3 heteroatoms. The first-order chi connectivity index (χ1) is 7.93. The van der Waals surface area contributed by atoms with Gasteiger partial charge in [-0.15, -0.1) is 0 Å². The molecular weight excluding hydrogens is 198 g/mol. The van der Waals surface area contributed by atoms with Gasteiger partial charge in [0, 0.05) is 51.0 Å². The van der Waals surface area contributed by atoms with Gasteiger partial charge in [0.15, 0.2) is 0 Å². The fraction of sp³-hybridized carbons (Fsp3) is 0.538. The predicted octanol–water partition coefficient (Wildman–Crippen LogP) is 0.780. The first-order valence-electron chi connectivity index (χ1n) is 6.18. The zero-order chi connectivity index (χ0) is 10.8. The minimum absolute atomic E-state index is 0.697. The van der Waals surface area contributed by atoms with Crippen molar-refractivity contribution in [3.63, 3.8) is 0 Å². The first-order valence-corrected chi connectivity index (χ1v) is 6.18. The minimum Gasteiger partial charge on any atom is -0.369 e. The van der Waals surface area contributed by atoms with Gasteiger partial charge in [0.2, 0.25) is 0 Å². The standard InChI is InChI=1S/C13H19N3/c1-2-4-12(5-3-1)16-9-8-15-7-6-14-10-13(15)11-16/h1-5,13-14H,6-11H2. The molecule has 1 aromatic carbocycles. The Morgan fingerprint density at radius 2 is 1.94 bits per heavy atom. The average Bonchev–Trinajstić information content (AvgIpc) is 2.39. The van der Waals surface area contributed by atoms with E-state index in [4.69, 9.17) is 0 Å². The molecule has 1 unspecified atom stereocenters. The highest BCUT2D eigenvalue weighted by Gasteiger charge is 2.28. The molecule has 1 atom stereocenters. The summed E-state index contributed by atoms with van der Waals surface area (Å²) in [6, 6.07) is 11.5. The van der Waals surface area contributed by atoms with Crippen LogP contribution in [0.5, 0.6) is 0 Å². The summed E-state index contributed by atoms with van der Waals surface area (Å²) < 4.78 is 0. The molecule has 3 rings (SSSR count). The Kier molecular flexibility index (Phi) is 2.80. The topological polar surface area (TPSA) is 18.5 Å². The fourth-order valence-electron chi connectivity index (χ4n) is 2.75. The van der Waals surface area contributed by atoms with Crippen molar-refractivity contribution in [2.24, 2.45) is 0 Å². The zero-order valence-corrected chi connectivity index (χ0v) is 9.60. The predicted molar refractivity (Wildman–Crippen MR) is 66.9 cm³/mol. The Balaban J connectivity index is 1.71. The number of nitrogens with zero attached hydrogens (tertiary/aromatic N) is 2. The summed E-state index contributed by atoms with van der Waals surface area (Å²) in [5.74, 6) is 0. The molecule has 16 heavy (non-hydrogen) atoms. The maximum atomic E-state index is 3.49. The number of nitrogens with one attached hydrogen (secondary N) is 1. The van der Waals surface area contributed by atoms with Gasteiger partial charge < -0.3 is 10.2 Å². The van der Waals surface area contributed by atoms with Gasteiger partial charge in [-0.1, -0.05) is 18.2 Å². The molecule has 0 spiro atoms. The van der Waals surface area contributed by atoms with Crippen LogP contribution in [0.3, 0.4) is 0 Å². The Hall–Kier alpha value is -1.06. The first kappa shape index (κ1) is 10.1. The molecule has 86 valence electrons. The number of hydrogen-bond acceptors (Lipinski definition) is 3. The van der Waals surface area contributed by atoms with E-state index < -0.39 is 0 Å². The molecule has 0 amide bonds. The summed E-state index contributed by atoms with van der Waals surface area (Å²) in [4.78, 5) is 5.13. The second kappa shape index (κ2) is 4.44. The molecule has 3 nitrogen and oxygen atoms in total. The molecule has 2 aliphatic rings. The lowest BCUT2D eigenvalue weighted by Gasteiger charge is -2.45. The van der Waals surface area contributed by atoms with Crippen molar-refractivity contribution in [2.75, 3.05) is 44.2 Å². The van der Waals surface area contributed by atoms with Crippen molar-refractivity contribution in [3.8, 4) is 0 Å². The molecule has 2 heterocycles. The summed E-state index contributed by atoms with van der Waals surface area (Å²) in [5.41, 5.74) is 1.37. The SMILES string of the molecule is c1ccc(N2CCN3CCNCC3C2)cc1. The number of hydrogen-bond donors (Lipinski definition) is 1. The Bertz CT molecular complexity index is 338. The number of anilines is 1. The fourth-order valence-corrected chi connectivity index (χ4v) is 2.75. The van der Waals surface area contributed by atoms with Gasteiger partial charge in [-0.2, -0.15) is 0 Å². The normalized spacial score (nSPS) is 26.5. The van der Waals surface area contributed by atoms with Crippen LogP contribution in [0.4, 0.5) is 5.69 Å². The molecule has 0 radical (unpaired) electrons. The molecule has 2 aliphatic heterocycles. The van der Waals surface area contributed by atoms with E-state index in [2.05, 4.69) is 45.4 Å². The number of para-hydroxylation sites is 1. The number of piperazine rings is 2. The van der Waals surface area contributed by atoms with Crippen LogP contribution in [0, 0.1) is 0 Å². The molecular formula is C13H19N3. The van der Waals surface area contributed by atoms with E-state index in [9.17, 15) is 0 Å². The van der Waals surface area contributed by atoms with Crippen molar-refractivity contribution < 1.29 is 0 Å². The van der Waals surface area contributed by atoms with Crippen LogP contribution in [-0.4, -0.2) is 50.2 Å². The van der Waals surface area contributed by atoms with E-state index in [-0.39, 0.29) is 0 Å². The minimum atomic E-state index is 0.697. The second-order valence-electron chi connectivity index (χ2n) is 4.68. The van der Waals surface area contributed by atoms with Crippen LogP contribution in [0.2, 0.25) is 0 Å². The second-order valence-corrected chi connectivity index (χ2v) is 4.68. The summed E-state index contributed by atoms with van der Waals surface area (Å²) in [5, 5.41) is 3.49. The molecule has 1 aromatic rings. The molecule has 2 saturated heterocycles. The number of benzene rings is 1. The van der Waals surface area contributed by atoms with Crippen LogP contribution in [0.1, 0.15) is 0 Å². The highest BCUT2D eigenvalue weighted by atomic mass is 15.3. The van der Waals surface area contributed by atoms with Crippen molar-refractivity contribution in [3.05, 3.63) is 30.3 Å². The van der Waals surface area contributed by atoms with Crippen molar-refractivity contribution in [1.29, 1.82) is 0 Å². The van der Waals surface area contributed by atoms with E-state index in [1.165, 1.54) is 25.3 Å². The largest absolute Gasteiger partial charge is 0.369 e. The molecule has 0 saturated carbocycles.